The topological polar surface area (TPSA) is 295 Å². The second-order valence-electron chi connectivity index (χ2n) is 5.31. The third-order valence-corrected chi connectivity index (χ3v) is 6.64. The Morgan fingerprint density at radius 1 is 1.17 bits per heavy atom. The molecular weight excluding hydrogens is 470 g/mol. The van der Waals surface area contributed by atoms with E-state index in [-0.39, 0.29) is 34.9 Å². The molecule has 0 saturated heterocycles. The molecule has 0 aliphatic heterocycles. The lowest BCUT2D eigenvalue weighted by molar-refractivity contribution is -0.689. The van der Waals surface area contributed by atoms with Crippen LogP contribution in [0, 0.1) is 13.8 Å². The number of nitrogens with two attached hydrogens (primary N) is 1. The van der Waals surface area contributed by atoms with Gasteiger partial charge < -0.3 is 42.3 Å². The van der Waals surface area contributed by atoms with Crippen LogP contribution in [0.3, 0.4) is 0 Å². The molecule has 18 heteroatoms. The van der Waals surface area contributed by atoms with Crippen LogP contribution in [0.2, 0.25) is 0 Å². The molecule has 0 aliphatic carbocycles. The zero-order chi connectivity index (χ0) is 19.5. The molecule has 0 aromatic carbocycles. The molecule has 0 radical (unpaired) electrons. The van der Waals surface area contributed by atoms with Gasteiger partial charge in [-0.05, 0) is 6.92 Å². The number of hydrogen-bond acceptors (Lipinski definition) is 8. The number of hydrogen-bond donors (Lipinski definition) is 4. The molecule has 2 rings (SSSR count). The van der Waals surface area contributed by atoms with E-state index in [0.717, 1.165) is 16.1 Å². The Bertz CT molecular complexity index is 891. The summed E-state index contributed by atoms with van der Waals surface area (Å²) in [7, 11) is -9.94. The number of nitrogen functional groups attached to an aromatic ring is 1. The fourth-order valence-electron chi connectivity index (χ4n) is 2.08. The minimum absolute atomic E-state index is 0. The molecule has 1 atom stereocenters. The number of nitrogens with zero attached hydrogens (tertiary/aromatic N) is 3. The van der Waals surface area contributed by atoms with Crippen molar-refractivity contribution in [2.75, 3.05) is 12.3 Å². The van der Waals surface area contributed by atoms with Gasteiger partial charge in [0.1, 0.15) is 11.6 Å². The zero-order valence-electron chi connectivity index (χ0n) is 16.0. The van der Waals surface area contributed by atoms with Crippen molar-refractivity contribution in [2.45, 2.75) is 26.8 Å². The summed E-state index contributed by atoms with van der Waals surface area (Å²) in [6.45, 7) is 3.83. The van der Waals surface area contributed by atoms with Gasteiger partial charge in [0.25, 0.3) is 0 Å². The molecule has 1 unspecified atom stereocenters. The van der Waals surface area contributed by atoms with E-state index < -0.39 is 15.6 Å². The minimum Gasteiger partial charge on any atom is -0.412 e. The molecule has 0 fully saturated rings. The maximum absolute atomic E-state index is 11.4. The van der Waals surface area contributed by atoms with Gasteiger partial charge in [0.05, 0.1) is 17.0 Å². The van der Waals surface area contributed by atoms with Crippen LogP contribution in [0.25, 0.3) is 0 Å². The molecule has 2 aromatic heterocycles. The number of anilines is 1. The molecule has 0 saturated carbocycles. The van der Waals surface area contributed by atoms with E-state index in [1.165, 1.54) is 11.3 Å². The molecule has 13 N–H and O–H groups in total. The predicted molar refractivity (Wildman–Crippen MR) is 107 cm³/mol. The molecule has 2 heterocycles. The number of aromatic nitrogens is 3. The summed E-state index contributed by atoms with van der Waals surface area (Å²) in [4.78, 5) is 35.4. The van der Waals surface area contributed by atoms with Crippen molar-refractivity contribution in [3.63, 3.8) is 0 Å². The number of phosphoric acid groups is 2. The molecule has 30 heavy (non-hydrogen) atoms. The van der Waals surface area contributed by atoms with Gasteiger partial charge in [-0.15, -0.1) is 0 Å². The van der Waals surface area contributed by atoms with Crippen molar-refractivity contribution >= 4 is 32.8 Å². The highest BCUT2D eigenvalue weighted by molar-refractivity contribution is 7.60. The summed E-state index contributed by atoms with van der Waals surface area (Å²) in [6, 6.07) is 0. The molecular formula is C12H27N4O11P2S+. The molecule has 15 nitrogen and oxygen atoms in total. The van der Waals surface area contributed by atoms with Gasteiger partial charge in [0, 0.05) is 19.5 Å². The second kappa shape index (κ2) is 13.1. The predicted octanol–water partition coefficient (Wildman–Crippen LogP) is -2.46. The van der Waals surface area contributed by atoms with Gasteiger partial charge in [-0.1, -0.05) is 11.3 Å². The molecule has 0 aliphatic rings. The van der Waals surface area contributed by atoms with Crippen LogP contribution in [0.1, 0.15) is 22.0 Å². The largest absolute Gasteiger partial charge is 0.481 e. The monoisotopic (exact) mass is 497 g/mol. The second-order valence-corrected chi connectivity index (χ2v) is 9.08. The van der Waals surface area contributed by atoms with Crippen LogP contribution in [0.4, 0.5) is 5.82 Å². The molecule has 176 valence electrons. The highest BCUT2D eigenvalue weighted by Gasteiger charge is 2.32. The highest BCUT2D eigenvalue weighted by atomic mass is 32.1. The van der Waals surface area contributed by atoms with E-state index in [4.69, 9.17) is 15.5 Å². The number of aryl methyl sites for hydroxylation is 1. The average Bonchev–Trinajstić information content (AvgIpc) is 2.80. The Morgan fingerprint density at radius 2 is 1.77 bits per heavy atom. The summed E-state index contributed by atoms with van der Waals surface area (Å²) in [5, 5.41) is 0. The van der Waals surface area contributed by atoms with Crippen LogP contribution in [-0.2, 0) is 30.9 Å². The number of rotatable bonds is 8. The standard InChI is InChI=1S/C12H18N4O7P2S.4H2O/c1-8-11(3-4-22-25(20,21)23-24(17,18)19)26-7-16(8)6-10-5-14-9(2)15-12(10)13;;;;/h5,7H,3-4,6H2,1-2H3,(H4-,13,14,15,17,18,19,20,21);4*1H2/p+1. The van der Waals surface area contributed by atoms with Crippen LogP contribution < -0.4 is 10.3 Å². The van der Waals surface area contributed by atoms with Gasteiger partial charge in [0.15, 0.2) is 12.2 Å². The van der Waals surface area contributed by atoms with Crippen molar-refractivity contribution in [2.24, 2.45) is 0 Å². The SMILES string of the molecule is Cc1ncc(C[n+]2csc(CCOP(=O)(O)OP(=O)(O)O)c2C)c(N)n1.O.O.O.O. The first-order chi connectivity index (χ1) is 12.0. The first kappa shape index (κ1) is 33.3. The Morgan fingerprint density at radius 3 is 2.30 bits per heavy atom. The Balaban J connectivity index is -0.00000182. The third kappa shape index (κ3) is 10.1. The number of phosphoric ester groups is 1. The minimum atomic E-state index is -5.12. The maximum atomic E-state index is 11.4. The number of thiazole rings is 1. The lowest BCUT2D eigenvalue weighted by atomic mass is 10.2. The quantitative estimate of drug-likeness (QED) is 0.220. The van der Waals surface area contributed by atoms with Crippen molar-refractivity contribution < 1.29 is 59.1 Å². The van der Waals surface area contributed by atoms with Gasteiger partial charge in [-0.2, -0.15) is 8.88 Å². The van der Waals surface area contributed by atoms with E-state index in [0.29, 0.717) is 18.2 Å². The zero-order valence-corrected chi connectivity index (χ0v) is 18.6. The molecule has 0 spiro atoms. The maximum Gasteiger partial charge on any atom is 0.481 e. The summed E-state index contributed by atoms with van der Waals surface area (Å²) in [6.07, 6.45) is 1.92. The first-order valence-corrected chi connectivity index (χ1v) is 11.2. The summed E-state index contributed by atoms with van der Waals surface area (Å²) in [5.74, 6) is 0.985. The lowest BCUT2D eigenvalue weighted by Gasteiger charge is -2.11. The third-order valence-electron chi connectivity index (χ3n) is 3.31. The lowest BCUT2D eigenvalue weighted by Crippen LogP contribution is -2.35. The normalized spacial score (nSPS) is 12.4. The van der Waals surface area contributed by atoms with Crippen LogP contribution in [0.5, 0.6) is 0 Å². The molecule has 0 amide bonds. The van der Waals surface area contributed by atoms with E-state index >= 15 is 0 Å². The van der Waals surface area contributed by atoms with Crippen molar-refractivity contribution in [1.82, 2.24) is 9.97 Å². The van der Waals surface area contributed by atoms with E-state index in [1.807, 2.05) is 17.0 Å². The van der Waals surface area contributed by atoms with Crippen LogP contribution >= 0.6 is 27.0 Å². The highest BCUT2D eigenvalue weighted by Crippen LogP contribution is 2.57. The van der Waals surface area contributed by atoms with Crippen LogP contribution in [-0.4, -0.2) is 53.2 Å². The van der Waals surface area contributed by atoms with Gasteiger partial charge >= 0.3 is 15.6 Å². The Kier molecular flexibility index (Phi) is 14.5. The van der Waals surface area contributed by atoms with E-state index in [2.05, 4.69) is 18.8 Å². The van der Waals surface area contributed by atoms with Gasteiger partial charge in [-0.25, -0.2) is 19.1 Å². The van der Waals surface area contributed by atoms with Crippen LogP contribution in [0.15, 0.2) is 11.7 Å². The van der Waals surface area contributed by atoms with Gasteiger partial charge in [0.2, 0.25) is 5.51 Å². The van der Waals surface area contributed by atoms with E-state index in [1.54, 1.807) is 13.1 Å². The summed E-state index contributed by atoms with van der Waals surface area (Å²) in [5.41, 5.74) is 9.40. The molecule has 0 bridgehead atoms. The van der Waals surface area contributed by atoms with Crippen molar-refractivity contribution in [3.8, 4) is 0 Å². The Hall–Kier alpha value is -1.39. The van der Waals surface area contributed by atoms with Gasteiger partial charge in [-0.3, -0.25) is 4.52 Å². The smallest absolute Gasteiger partial charge is 0.412 e. The fraction of sp³-hybridized carbons (Fsp3) is 0.417. The van der Waals surface area contributed by atoms with E-state index in [9.17, 15) is 14.0 Å². The fourth-order valence-corrected chi connectivity index (χ4v) is 4.64. The Labute approximate surface area is 175 Å². The van der Waals surface area contributed by atoms with Crippen molar-refractivity contribution in [3.05, 3.63) is 33.7 Å². The summed E-state index contributed by atoms with van der Waals surface area (Å²) >= 11 is 1.40. The molecule has 2 aromatic rings. The average molecular weight is 497 g/mol. The van der Waals surface area contributed by atoms with Crippen molar-refractivity contribution in [1.29, 1.82) is 0 Å². The summed E-state index contributed by atoms with van der Waals surface area (Å²) < 4.78 is 32.2. The first-order valence-electron chi connectivity index (χ1n) is 7.25.